The molecule has 0 aliphatic carbocycles. The summed E-state index contributed by atoms with van der Waals surface area (Å²) in [5.74, 6) is 1.59. The number of carbonyl (C=O) groups is 1. The van der Waals surface area contributed by atoms with E-state index in [1.165, 1.54) is 37.6 Å². The van der Waals surface area contributed by atoms with Crippen LogP contribution >= 0.6 is 0 Å². The van der Waals surface area contributed by atoms with Crippen LogP contribution in [-0.4, -0.2) is 42.2 Å². The van der Waals surface area contributed by atoms with Crippen molar-refractivity contribution in [1.82, 2.24) is 9.97 Å². The van der Waals surface area contributed by atoms with E-state index in [0.29, 0.717) is 11.3 Å². The fourth-order valence-electron chi connectivity index (χ4n) is 1.99. The van der Waals surface area contributed by atoms with Crippen LogP contribution in [0.1, 0.15) is 16.1 Å². The first kappa shape index (κ1) is 19.7. The van der Waals surface area contributed by atoms with Gasteiger partial charge in [0, 0.05) is 19.2 Å². The molecule has 0 atom stereocenters. The molecule has 0 unspecified atom stereocenters. The lowest BCUT2D eigenvalue weighted by molar-refractivity contribution is 0.102. The largest absolute Gasteiger partial charge is 0.465 e. The van der Waals surface area contributed by atoms with Gasteiger partial charge in [0.2, 0.25) is 5.88 Å². The second kappa shape index (κ2) is 9.72. The van der Waals surface area contributed by atoms with Crippen LogP contribution in [0.15, 0.2) is 35.6 Å². The Bertz CT molecular complexity index is 862. The highest BCUT2D eigenvalue weighted by atomic mass is 19.1. The Labute approximate surface area is 155 Å². The minimum atomic E-state index is -0.498. The number of nitrogens with two attached hydrogens (primary N) is 1. The Morgan fingerprint density at radius 1 is 1.41 bits per heavy atom. The minimum absolute atomic E-state index is 0.0214. The molecule has 0 radical (unpaired) electrons. The van der Waals surface area contributed by atoms with Crippen LogP contribution in [0.3, 0.4) is 0 Å². The number of nitrogens with one attached hydrogen (secondary N) is 1. The molecule has 2 rings (SSSR count). The number of aliphatic imine (C=N–C) groups is 1. The van der Waals surface area contributed by atoms with Gasteiger partial charge in [-0.3, -0.25) is 4.79 Å². The number of anilines is 1. The fraction of sp³-hybridized carbons (Fsp3) is 0.222. The van der Waals surface area contributed by atoms with Crippen molar-refractivity contribution in [1.29, 1.82) is 0 Å². The second-order valence-corrected chi connectivity index (χ2v) is 5.15. The van der Waals surface area contributed by atoms with E-state index in [1.807, 2.05) is 0 Å². The Balaban J connectivity index is 2.00. The molecule has 27 heavy (non-hydrogen) atoms. The van der Waals surface area contributed by atoms with E-state index in [-0.39, 0.29) is 37.2 Å². The van der Waals surface area contributed by atoms with Crippen molar-refractivity contribution < 1.29 is 18.7 Å². The summed E-state index contributed by atoms with van der Waals surface area (Å²) in [7, 11) is 1.49. The number of terminal acetylenes is 1. The molecular formula is C18H18FN5O3. The van der Waals surface area contributed by atoms with Gasteiger partial charge in [0.25, 0.3) is 11.9 Å². The first-order valence-electron chi connectivity index (χ1n) is 7.86. The molecule has 1 aromatic heterocycles. The van der Waals surface area contributed by atoms with Crippen LogP contribution < -0.4 is 15.8 Å². The van der Waals surface area contributed by atoms with Crippen molar-refractivity contribution in [3.63, 3.8) is 0 Å². The van der Waals surface area contributed by atoms with E-state index in [0.717, 1.165) is 0 Å². The molecule has 3 N–H and O–H groups in total. The molecule has 0 saturated carbocycles. The molecule has 2 aromatic rings. The second-order valence-electron chi connectivity index (χ2n) is 5.15. The van der Waals surface area contributed by atoms with Crippen molar-refractivity contribution in [3.05, 3.63) is 47.7 Å². The van der Waals surface area contributed by atoms with Crippen LogP contribution in [0.4, 0.5) is 10.1 Å². The van der Waals surface area contributed by atoms with E-state index in [2.05, 4.69) is 26.2 Å². The normalized spacial score (nSPS) is 10.8. The van der Waals surface area contributed by atoms with Gasteiger partial charge >= 0.3 is 0 Å². The fourth-order valence-corrected chi connectivity index (χ4v) is 1.99. The maximum Gasteiger partial charge on any atom is 0.281 e. The van der Waals surface area contributed by atoms with Crippen LogP contribution in [-0.2, 0) is 11.2 Å². The summed E-state index contributed by atoms with van der Waals surface area (Å²) in [6.07, 6.45) is 7.89. The molecule has 0 fully saturated rings. The lowest BCUT2D eigenvalue weighted by Crippen LogP contribution is -2.18. The Hall–Kier alpha value is -3.67. The average molecular weight is 371 g/mol. The number of nitrogens with zero attached hydrogens (tertiary/aromatic N) is 3. The van der Waals surface area contributed by atoms with Crippen LogP contribution in [0.5, 0.6) is 5.88 Å². The summed E-state index contributed by atoms with van der Waals surface area (Å²) >= 11 is 0. The van der Waals surface area contributed by atoms with Gasteiger partial charge in [-0.1, -0.05) is 5.92 Å². The van der Waals surface area contributed by atoms with Crippen molar-refractivity contribution >= 4 is 17.6 Å². The van der Waals surface area contributed by atoms with Gasteiger partial charge < -0.3 is 20.5 Å². The number of amidine groups is 1. The average Bonchev–Trinajstić information content (AvgIpc) is 2.68. The zero-order chi connectivity index (χ0) is 19.6. The predicted molar refractivity (Wildman–Crippen MR) is 97.9 cm³/mol. The monoisotopic (exact) mass is 371 g/mol. The molecule has 0 bridgehead atoms. The minimum Gasteiger partial charge on any atom is -0.465 e. The third-order valence-electron chi connectivity index (χ3n) is 3.31. The standard InChI is InChI=1S/C18H18FN5O3/c1-3-7-26-16-11-22-15(10-23-16)17(25)24-13-4-5-14(19)12(9-13)6-8-27-18(20)21-2/h1,4-5,9-11H,6-8H2,2H3,(H2,20,21)(H,24,25). The van der Waals surface area contributed by atoms with Crippen LogP contribution in [0.2, 0.25) is 0 Å². The topological polar surface area (TPSA) is 112 Å². The molecule has 1 aromatic carbocycles. The summed E-state index contributed by atoms with van der Waals surface area (Å²) in [4.78, 5) is 23.8. The number of aromatic nitrogens is 2. The van der Waals surface area contributed by atoms with Gasteiger partial charge in [-0.05, 0) is 23.8 Å². The summed E-state index contributed by atoms with van der Waals surface area (Å²) in [5.41, 5.74) is 6.26. The molecule has 1 heterocycles. The van der Waals surface area contributed by atoms with E-state index in [1.54, 1.807) is 0 Å². The number of halogens is 1. The summed E-state index contributed by atoms with van der Waals surface area (Å²) in [6, 6.07) is 4.23. The van der Waals surface area contributed by atoms with Crippen LogP contribution in [0, 0.1) is 18.2 Å². The van der Waals surface area contributed by atoms with E-state index in [9.17, 15) is 9.18 Å². The third kappa shape index (κ3) is 5.97. The SMILES string of the molecule is C#CCOc1cnc(C(=O)Nc2ccc(F)c(CCOC(N)=NC)c2)cn1. The van der Waals surface area contributed by atoms with Gasteiger partial charge in [-0.2, -0.15) is 0 Å². The van der Waals surface area contributed by atoms with Gasteiger partial charge in [0.1, 0.15) is 11.5 Å². The lowest BCUT2D eigenvalue weighted by Gasteiger charge is -2.09. The highest BCUT2D eigenvalue weighted by Crippen LogP contribution is 2.16. The predicted octanol–water partition coefficient (Wildman–Crippen LogP) is 1.38. The molecule has 0 aliphatic rings. The quantitative estimate of drug-likeness (QED) is 0.432. The van der Waals surface area contributed by atoms with E-state index < -0.39 is 11.7 Å². The maximum absolute atomic E-state index is 13.9. The van der Waals surface area contributed by atoms with Crippen molar-refractivity contribution in [2.45, 2.75) is 6.42 Å². The number of hydrogen-bond donors (Lipinski definition) is 2. The molecule has 8 nitrogen and oxygen atoms in total. The lowest BCUT2D eigenvalue weighted by atomic mass is 10.1. The van der Waals surface area contributed by atoms with Crippen molar-refractivity contribution in [2.75, 3.05) is 25.6 Å². The number of rotatable bonds is 7. The van der Waals surface area contributed by atoms with Gasteiger partial charge in [0.05, 0.1) is 19.0 Å². The molecular weight excluding hydrogens is 353 g/mol. The molecule has 0 aliphatic heterocycles. The zero-order valence-corrected chi connectivity index (χ0v) is 14.6. The van der Waals surface area contributed by atoms with E-state index >= 15 is 0 Å². The van der Waals surface area contributed by atoms with Crippen LogP contribution in [0.25, 0.3) is 0 Å². The Kier molecular flexibility index (Phi) is 7.07. The number of amides is 1. The first-order chi connectivity index (χ1) is 13.0. The maximum atomic E-state index is 13.9. The molecule has 0 spiro atoms. The highest BCUT2D eigenvalue weighted by Gasteiger charge is 2.11. The number of benzene rings is 1. The molecule has 140 valence electrons. The Morgan fingerprint density at radius 3 is 2.89 bits per heavy atom. The Morgan fingerprint density at radius 2 is 2.22 bits per heavy atom. The number of carbonyl (C=O) groups excluding carboxylic acids is 1. The number of ether oxygens (including phenoxy) is 2. The summed E-state index contributed by atoms with van der Waals surface area (Å²) in [6.45, 7) is 0.208. The van der Waals surface area contributed by atoms with Gasteiger partial charge in [-0.15, -0.1) is 6.42 Å². The highest BCUT2D eigenvalue weighted by molar-refractivity contribution is 6.02. The number of hydrogen-bond acceptors (Lipinski definition) is 6. The first-order valence-corrected chi connectivity index (χ1v) is 7.86. The summed E-state index contributed by atoms with van der Waals surface area (Å²) < 4.78 is 24.1. The van der Waals surface area contributed by atoms with Crippen molar-refractivity contribution in [2.24, 2.45) is 10.7 Å². The zero-order valence-electron chi connectivity index (χ0n) is 14.6. The smallest absolute Gasteiger partial charge is 0.281 e. The van der Waals surface area contributed by atoms with E-state index in [4.69, 9.17) is 21.6 Å². The van der Waals surface area contributed by atoms with Gasteiger partial charge in [0.15, 0.2) is 6.61 Å². The molecule has 0 saturated heterocycles. The van der Waals surface area contributed by atoms with Crippen molar-refractivity contribution in [3.8, 4) is 18.2 Å². The third-order valence-corrected chi connectivity index (χ3v) is 3.31. The molecule has 9 heteroatoms. The molecule has 1 amide bonds. The van der Waals surface area contributed by atoms with Gasteiger partial charge in [-0.25, -0.2) is 19.4 Å². The summed E-state index contributed by atoms with van der Waals surface area (Å²) in [5, 5.41) is 2.63.